The summed E-state index contributed by atoms with van der Waals surface area (Å²) in [5.41, 5.74) is 0. The second-order valence-corrected chi connectivity index (χ2v) is 6.54. The number of piperazine rings is 1. The zero-order valence-corrected chi connectivity index (χ0v) is 14.6. The van der Waals surface area contributed by atoms with E-state index in [0.717, 1.165) is 15.8 Å². The fourth-order valence-corrected chi connectivity index (χ4v) is 3.46. The Balaban J connectivity index is 1.48. The number of carbonyl (C=O) groups is 2. The molecule has 0 saturated carbocycles. The molecule has 0 unspecified atom stereocenters. The second kappa shape index (κ2) is 7.12. The third-order valence-electron chi connectivity index (χ3n) is 3.90. The molecule has 9 nitrogen and oxygen atoms in total. The summed E-state index contributed by atoms with van der Waals surface area (Å²) < 4.78 is 6.67. The van der Waals surface area contributed by atoms with E-state index in [9.17, 15) is 9.59 Å². The minimum atomic E-state index is -0.306. The first kappa shape index (κ1) is 16.6. The standard InChI is InChI=1S/C14H20N6O3S/c1-3-23-14(22)19-8-6-18(7-9-19)12(21)5-4-11-17-20-10(2)15-16-13(20)24-11/h3-9H2,1-2H3. The van der Waals surface area contributed by atoms with Crippen LogP contribution in [0, 0.1) is 6.92 Å². The molecule has 1 aliphatic rings. The molecule has 130 valence electrons. The number of fused-ring (bicyclic) bond motifs is 1. The van der Waals surface area contributed by atoms with Crippen molar-refractivity contribution in [1.82, 2.24) is 29.6 Å². The molecular weight excluding hydrogens is 332 g/mol. The van der Waals surface area contributed by atoms with Crippen molar-refractivity contribution in [3.05, 3.63) is 10.8 Å². The Morgan fingerprint density at radius 1 is 1.17 bits per heavy atom. The van der Waals surface area contributed by atoms with Crippen LogP contribution in [0.3, 0.4) is 0 Å². The predicted molar refractivity (Wildman–Crippen MR) is 86.9 cm³/mol. The summed E-state index contributed by atoms with van der Waals surface area (Å²) in [4.78, 5) is 28.2. The van der Waals surface area contributed by atoms with E-state index < -0.39 is 0 Å². The molecular formula is C14H20N6O3S. The maximum absolute atomic E-state index is 12.3. The average molecular weight is 352 g/mol. The van der Waals surface area contributed by atoms with Gasteiger partial charge in [0.2, 0.25) is 10.9 Å². The van der Waals surface area contributed by atoms with Gasteiger partial charge in [-0.05, 0) is 13.8 Å². The maximum atomic E-state index is 12.3. The molecule has 0 spiro atoms. The first-order chi connectivity index (χ1) is 11.6. The Hall–Kier alpha value is -2.23. The number of nitrogens with zero attached hydrogens (tertiary/aromatic N) is 6. The highest BCUT2D eigenvalue weighted by Crippen LogP contribution is 2.16. The molecule has 0 aliphatic carbocycles. The number of aryl methyl sites for hydroxylation is 2. The van der Waals surface area contributed by atoms with Crippen LogP contribution in [0.25, 0.3) is 4.96 Å². The maximum Gasteiger partial charge on any atom is 0.409 e. The Labute approximate surface area is 143 Å². The molecule has 10 heteroatoms. The van der Waals surface area contributed by atoms with Crippen LogP contribution in [-0.2, 0) is 16.0 Å². The van der Waals surface area contributed by atoms with Crippen LogP contribution in [0.15, 0.2) is 0 Å². The summed E-state index contributed by atoms with van der Waals surface area (Å²) in [5, 5.41) is 13.3. The minimum absolute atomic E-state index is 0.0844. The first-order valence-electron chi connectivity index (χ1n) is 7.95. The van der Waals surface area contributed by atoms with Gasteiger partial charge in [-0.25, -0.2) is 4.79 Å². The Bertz CT molecular complexity index is 734. The van der Waals surface area contributed by atoms with Crippen molar-refractivity contribution in [2.45, 2.75) is 26.7 Å². The van der Waals surface area contributed by atoms with Crippen LogP contribution in [-0.4, -0.2) is 74.4 Å². The Morgan fingerprint density at radius 2 is 1.88 bits per heavy atom. The summed E-state index contributed by atoms with van der Waals surface area (Å²) in [6.45, 7) is 6.11. The first-order valence-corrected chi connectivity index (χ1v) is 8.77. The van der Waals surface area contributed by atoms with Crippen molar-refractivity contribution in [2.24, 2.45) is 0 Å². The number of hydrogen-bond donors (Lipinski definition) is 0. The molecule has 2 aromatic heterocycles. The average Bonchev–Trinajstić information content (AvgIpc) is 3.15. The van der Waals surface area contributed by atoms with Gasteiger partial charge in [-0.2, -0.15) is 9.61 Å². The lowest BCUT2D eigenvalue weighted by atomic mass is 10.2. The molecule has 0 aromatic carbocycles. The van der Waals surface area contributed by atoms with E-state index >= 15 is 0 Å². The van der Waals surface area contributed by atoms with Gasteiger partial charge in [0.05, 0.1) is 6.61 Å². The number of carbonyl (C=O) groups excluding carboxylic acids is 2. The lowest BCUT2D eigenvalue weighted by Crippen LogP contribution is -2.50. The molecule has 3 rings (SSSR count). The third kappa shape index (κ3) is 3.48. The SMILES string of the molecule is CCOC(=O)N1CCN(C(=O)CCc2nn3c(C)nnc3s2)CC1. The van der Waals surface area contributed by atoms with Crippen molar-refractivity contribution in [2.75, 3.05) is 32.8 Å². The van der Waals surface area contributed by atoms with Gasteiger partial charge < -0.3 is 14.5 Å². The van der Waals surface area contributed by atoms with Gasteiger partial charge in [0.15, 0.2) is 5.82 Å². The van der Waals surface area contributed by atoms with Crippen LogP contribution in [0.1, 0.15) is 24.2 Å². The monoisotopic (exact) mass is 352 g/mol. The summed E-state index contributed by atoms with van der Waals surface area (Å²) in [6, 6.07) is 0. The van der Waals surface area contributed by atoms with E-state index in [2.05, 4.69) is 15.3 Å². The topological polar surface area (TPSA) is 92.9 Å². The summed E-state index contributed by atoms with van der Waals surface area (Å²) >= 11 is 1.45. The quantitative estimate of drug-likeness (QED) is 0.805. The van der Waals surface area contributed by atoms with Gasteiger partial charge in [0.25, 0.3) is 0 Å². The van der Waals surface area contributed by atoms with Crippen LogP contribution < -0.4 is 0 Å². The highest BCUT2D eigenvalue weighted by molar-refractivity contribution is 7.16. The molecule has 24 heavy (non-hydrogen) atoms. The molecule has 1 aliphatic heterocycles. The van der Waals surface area contributed by atoms with Crippen LogP contribution >= 0.6 is 11.3 Å². The fraction of sp³-hybridized carbons (Fsp3) is 0.643. The molecule has 0 atom stereocenters. The van der Waals surface area contributed by atoms with E-state index in [-0.39, 0.29) is 12.0 Å². The zero-order chi connectivity index (χ0) is 17.1. The summed E-state index contributed by atoms with van der Waals surface area (Å²) in [7, 11) is 0. The van der Waals surface area contributed by atoms with Crippen molar-refractivity contribution in [3.63, 3.8) is 0 Å². The van der Waals surface area contributed by atoms with Crippen molar-refractivity contribution in [1.29, 1.82) is 0 Å². The second-order valence-electron chi connectivity index (χ2n) is 5.50. The van der Waals surface area contributed by atoms with E-state index in [4.69, 9.17) is 4.74 Å². The van der Waals surface area contributed by atoms with Crippen LogP contribution in [0.4, 0.5) is 4.79 Å². The lowest BCUT2D eigenvalue weighted by Gasteiger charge is -2.34. The van der Waals surface area contributed by atoms with Crippen molar-refractivity contribution in [3.8, 4) is 0 Å². The van der Waals surface area contributed by atoms with Crippen LogP contribution in [0.5, 0.6) is 0 Å². The molecule has 0 bridgehead atoms. The lowest BCUT2D eigenvalue weighted by molar-refractivity contribution is -0.132. The van der Waals surface area contributed by atoms with E-state index in [0.29, 0.717) is 45.6 Å². The Kier molecular flexibility index (Phi) is 4.93. The predicted octanol–water partition coefficient (Wildman–Crippen LogP) is 0.728. The van der Waals surface area contributed by atoms with Gasteiger partial charge in [0, 0.05) is 39.0 Å². The largest absolute Gasteiger partial charge is 0.450 e. The summed E-state index contributed by atoms with van der Waals surface area (Å²) in [6.07, 6.45) is 0.687. The zero-order valence-electron chi connectivity index (χ0n) is 13.8. The highest BCUT2D eigenvalue weighted by atomic mass is 32.1. The smallest absolute Gasteiger partial charge is 0.409 e. The molecule has 0 radical (unpaired) electrons. The number of rotatable bonds is 4. The van der Waals surface area contributed by atoms with Crippen LogP contribution in [0.2, 0.25) is 0 Å². The van der Waals surface area contributed by atoms with E-state index in [1.807, 2.05) is 6.92 Å². The van der Waals surface area contributed by atoms with E-state index in [1.165, 1.54) is 11.3 Å². The molecule has 2 amide bonds. The summed E-state index contributed by atoms with van der Waals surface area (Å²) in [5.74, 6) is 0.829. The molecule has 2 aromatic rings. The minimum Gasteiger partial charge on any atom is -0.450 e. The van der Waals surface area contributed by atoms with Gasteiger partial charge in [-0.3, -0.25) is 4.79 Å². The molecule has 1 saturated heterocycles. The van der Waals surface area contributed by atoms with Gasteiger partial charge >= 0.3 is 6.09 Å². The third-order valence-corrected chi connectivity index (χ3v) is 4.86. The van der Waals surface area contributed by atoms with Gasteiger partial charge in [0.1, 0.15) is 5.01 Å². The molecule has 1 fully saturated rings. The fourth-order valence-electron chi connectivity index (χ4n) is 2.58. The highest BCUT2D eigenvalue weighted by Gasteiger charge is 2.24. The number of ether oxygens (including phenoxy) is 1. The number of amides is 2. The van der Waals surface area contributed by atoms with Gasteiger partial charge in [-0.1, -0.05) is 11.3 Å². The van der Waals surface area contributed by atoms with Crippen molar-refractivity contribution >= 4 is 28.3 Å². The number of aromatic nitrogens is 4. The molecule has 0 N–H and O–H groups in total. The number of hydrogen-bond acceptors (Lipinski definition) is 7. The Morgan fingerprint density at radius 3 is 2.54 bits per heavy atom. The van der Waals surface area contributed by atoms with Gasteiger partial charge in [-0.15, -0.1) is 10.2 Å². The van der Waals surface area contributed by atoms with E-state index in [1.54, 1.807) is 21.2 Å². The normalized spacial score (nSPS) is 15.1. The molecule has 3 heterocycles. The van der Waals surface area contributed by atoms with Crippen molar-refractivity contribution < 1.29 is 14.3 Å².